The Hall–Kier alpha value is -3.52. The van der Waals surface area contributed by atoms with Gasteiger partial charge in [0.15, 0.2) is 0 Å². The van der Waals surface area contributed by atoms with Crippen LogP contribution in [0.4, 0.5) is 0 Å². The molecule has 0 amide bonds. The molecule has 0 bridgehead atoms. The molecule has 6 aromatic rings. The van der Waals surface area contributed by atoms with Gasteiger partial charge in [0.1, 0.15) is 0 Å². The van der Waals surface area contributed by atoms with Crippen LogP contribution in [0.5, 0.6) is 0 Å². The molecule has 4 aromatic heterocycles. The van der Waals surface area contributed by atoms with Crippen molar-refractivity contribution in [2.45, 2.75) is 6.42 Å². The van der Waals surface area contributed by atoms with E-state index in [0.29, 0.717) is 0 Å². The van der Waals surface area contributed by atoms with Gasteiger partial charge in [0, 0.05) is 51.7 Å². The Morgan fingerprint density at radius 1 is 0.444 bits per heavy atom. The van der Waals surface area contributed by atoms with Crippen molar-refractivity contribution < 1.29 is 0 Å². The lowest BCUT2D eigenvalue weighted by molar-refractivity contribution is 0.977. The van der Waals surface area contributed by atoms with Crippen LogP contribution in [0.2, 0.25) is 0 Å². The monoisotopic (exact) mass is 346 g/mol. The molecule has 0 atom stereocenters. The van der Waals surface area contributed by atoms with Gasteiger partial charge in [-0.15, -0.1) is 0 Å². The van der Waals surface area contributed by atoms with Crippen molar-refractivity contribution in [3.05, 3.63) is 109 Å². The molecule has 0 aliphatic rings. The molecule has 2 nitrogen and oxygen atoms in total. The van der Waals surface area contributed by atoms with E-state index in [9.17, 15) is 0 Å². The van der Waals surface area contributed by atoms with Crippen molar-refractivity contribution in [1.82, 2.24) is 8.80 Å². The van der Waals surface area contributed by atoms with Crippen molar-refractivity contribution in [3.63, 3.8) is 0 Å². The number of nitrogens with zero attached hydrogens (tertiary/aromatic N) is 2. The summed E-state index contributed by atoms with van der Waals surface area (Å²) < 4.78 is 4.70. The molecule has 27 heavy (non-hydrogen) atoms. The molecule has 128 valence electrons. The van der Waals surface area contributed by atoms with Crippen LogP contribution in [0.15, 0.2) is 97.3 Å². The summed E-state index contributed by atoms with van der Waals surface area (Å²) in [6, 6.07) is 30.4. The molecule has 0 spiro atoms. The van der Waals surface area contributed by atoms with Gasteiger partial charge in [0.05, 0.1) is 11.0 Å². The Morgan fingerprint density at radius 3 is 1.33 bits per heavy atom. The van der Waals surface area contributed by atoms with Crippen molar-refractivity contribution >= 4 is 32.6 Å². The van der Waals surface area contributed by atoms with E-state index < -0.39 is 0 Å². The van der Waals surface area contributed by atoms with Crippen LogP contribution in [0.3, 0.4) is 0 Å². The molecule has 0 saturated carbocycles. The molecular weight excluding hydrogens is 328 g/mol. The van der Waals surface area contributed by atoms with Gasteiger partial charge in [-0.1, -0.05) is 60.7 Å². The number of fused-ring (bicyclic) bond motifs is 6. The second-order valence-electron chi connectivity index (χ2n) is 7.07. The topological polar surface area (TPSA) is 8.82 Å². The minimum absolute atomic E-state index is 0.886. The summed E-state index contributed by atoms with van der Waals surface area (Å²) in [7, 11) is 0. The summed E-state index contributed by atoms with van der Waals surface area (Å²) in [5.41, 5.74) is 5.23. The molecule has 0 N–H and O–H groups in total. The quantitative estimate of drug-likeness (QED) is 0.359. The number of hydrogen-bond acceptors (Lipinski definition) is 0. The highest BCUT2D eigenvalue weighted by Gasteiger charge is 2.16. The zero-order valence-corrected chi connectivity index (χ0v) is 14.8. The second kappa shape index (κ2) is 5.49. The van der Waals surface area contributed by atoms with Crippen LogP contribution in [0.1, 0.15) is 11.4 Å². The minimum atomic E-state index is 0.886. The molecule has 2 heteroatoms. The van der Waals surface area contributed by atoms with Crippen LogP contribution in [0.25, 0.3) is 32.6 Å². The van der Waals surface area contributed by atoms with E-state index >= 15 is 0 Å². The average molecular weight is 346 g/mol. The van der Waals surface area contributed by atoms with Crippen molar-refractivity contribution in [2.75, 3.05) is 0 Å². The third-order valence-electron chi connectivity index (χ3n) is 5.66. The van der Waals surface area contributed by atoms with Gasteiger partial charge in [-0.25, -0.2) is 0 Å². The van der Waals surface area contributed by atoms with E-state index in [0.717, 1.165) is 6.42 Å². The maximum absolute atomic E-state index is 2.35. The molecule has 6 rings (SSSR count). The van der Waals surface area contributed by atoms with Crippen LogP contribution in [0, 0.1) is 0 Å². The number of pyridine rings is 2. The van der Waals surface area contributed by atoms with Gasteiger partial charge < -0.3 is 8.80 Å². The molecule has 0 radical (unpaired) electrons. The highest BCUT2D eigenvalue weighted by atomic mass is 14.9. The van der Waals surface area contributed by atoms with E-state index in [-0.39, 0.29) is 0 Å². The Morgan fingerprint density at radius 2 is 0.852 bits per heavy atom. The fourth-order valence-corrected chi connectivity index (χ4v) is 4.49. The Bertz CT molecular complexity index is 1230. The number of benzene rings is 2. The highest BCUT2D eigenvalue weighted by molar-refractivity contribution is 6.02. The Labute approximate surface area is 156 Å². The summed E-state index contributed by atoms with van der Waals surface area (Å²) >= 11 is 0. The summed E-state index contributed by atoms with van der Waals surface area (Å²) in [5, 5.41) is 5.30. The predicted octanol–water partition coefficient (Wildman–Crippen LogP) is 6.09. The van der Waals surface area contributed by atoms with E-state index in [1.165, 1.54) is 44.0 Å². The largest absolute Gasteiger partial charge is 0.319 e. The summed E-state index contributed by atoms with van der Waals surface area (Å²) in [6.07, 6.45) is 5.25. The first-order valence-corrected chi connectivity index (χ1v) is 9.35. The van der Waals surface area contributed by atoms with Crippen molar-refractivity contribution in [1.29, 1.82) is 0 Å². The van der Waals surface area contributed by atoms with Gasteiger partial charge in [-0.3, -0.25) is 0 Å². The first-order chi connectivity index (χ1) is 13.4. The molecule has 0 unspecified atom stereocenters. The van der Waals surface area contributed by atoms with E-state index in [2.05, 4.69) is 106 Å². The number of rotatable bonds is 2. The van der Waals surface area contributed by atoms with Gasteiger partial charge in [0.25, 0.3) is 0 Å². The standard InChI is InChI=1S/C25H18N2/c1-3-11-20-18(9-1)22-13-5-7-15-26(22)24(20)17-25-21-12-4-2-10-19(21)23-14-6-8-16-27(23)25/h1-16H,17H2. The Kier molecular flexibility index (Phi) is 2.97. The zero-order valence-electron chi connectivity index (χ0n) is 14.8. The maximum Gasteiger partial charge on any atom is 0.0531 e. The lowest BCUT2D eigenvalue weighted by Crippen LogP contribution is -1.98. The van der Waals surface area contributed by atoms with Gasteiger partial charge in [-0.2, -0.15) is 0 Å². The third-order valence-corrected chi connectivity index (χ3v) is 5.66. The summed E-state index contributed by atoms with van der Waals surface area (Å²) in [5.74, 6) is 0. The van der Waals surface area contributed by atoms with Crippen LogP contribution in [-0.2, 0) is 6.42 Å². The van der Waals surface area contributed by atoms with E-state index in [4.69, 9.17) is 0 Å². The van der Waals surface area contributed by atoms with Crippen LogP contribution >= 0.6 is 0 Å². The van der Waals surface area contributed by atoms with E-state index in [1.807, 2.05) is 0 Å². The van der Waals surface area contributed by atoms with Crippen LogP contribution in [-0.4, -0.2) is 8.80 Å². The number of aromatic nitrogens is 2. The average Bonchev–Trinajstić information content (AvgIpc) is 3.23. The maximum atomic E-state index is 2.35. The van der Waals surface area contributed by atoms with Crippen molar-refractivity contribution in [3.8, 4) is 0 Å². The SMILES string of the molecule is c1ccc2c(c1)c(Cc1c3ccccc3c3ccccn13)n1ccccc21. The first kappa shape index (κ1) is 14.6. The first-order valence-electron chi connectivity index (χ1n) is 9.35. The molecule has 0 aliphatic heterocycles. The second-order valence-corrected chi connectivity index (χ2v) is 7.07. The third kappa shape index (κ3) is 2.01. The molecule has 4 heterocycles. The highest BCUT2D eigenvalue weighted by Crippen LogP contribution is 2.32. The van der Waals surface area contributed by atoms with Gasteiger partial charge >= 0.3 is 0 Å². The molecular formula is C25H18N2. The fraction of sp³-hybridized carbons (Fsp3) is 0.0400. The smallest absolute Gasteiger partial charge is 0.0531 e. The molecule has 0 aliphatic carbocycles. The normalized spacial score (nSPS) is 11.9. The zero-order chi connectivity index (χ0) is 17.8. The van der Waals surface area contributed by atoms with Gasteiger partial charge in [-0.05, 0) is 24.3 Å². The lowest BCUT2D eigenvalue weighted by Gasteiger charge is -2.06. The van der Waals surface area contributed by atoms with Crippen LogP contribution < -0.4 is 0 Å². The Balaban J connectivity index is 1.70. The predicted molar refractivity (Wildman–Crippen MR) is 113 cm³/mol. The fourth-order valence-electron chi connectivity index (χ4n) is 4.49. The molecule has 0 fully saturated rings. The summed E-state index contributed by atoms with van der Waals surface area (Å²) in [6.45, 7) is 0. The minimum Gasteiger partial charge on any atom is -0.319 e. The van der Waals surface area contributed by atoms with Crippen molar-refractivity contribution in [2.24, 2.45) is 0 Å². The van der Waals surface area contributed by atoms with E-state index in [1.54, 1.807) is 0 Å². The summed E-state index contributed by atoms with van der Waals surface area (Å²) in [4.78, 5) is 0. The number of hydrogen-bond donors (Lipinski definition) is 0. The van der Waals surface area contributed by atoms with Gasteiger partial charge in [0.2, 0.25) is 0 Å². The lowest BCUT2D eigenvalue weighted by atomic mass is 10.1. The molecule has 0 saturated heterocycles. The molecule has 2 aromatic carbocycles.